The quantitative estimate of drug-likeness (QED) is 0.501. The monoisotopic (exact) mass is 488 g/mol. The fraction of sp³-hybridized carbons (Fsp3) is 0.409. The van der Waals surface area contributed by atoms with Crippen molar-refractivity contribution in [3.05, 3.63) is 53.2 Å². The van der Waals surface area contributed by atoms with Crippen molar-refractivity contribution in [2.24, 2.45) is 5.92 Å². The number of hydrogen-bond acceptors (Lipinski definition) is 6. The number of benzene rings is 1. The van der Waals surface area contributed by atoms with Gasteiger partial charge < -0.3 is 19.5 Å². The van der Waals surface area contributed by atoms with E-state index in [-0.39, 0.29) is 17.1 Å². The summed E-state index contributed by atoms with van der Waals surface area (Å²) in [6.07, 6.45) is -6.68. The van der Waals surface area contributed by atoms with Crippen LogP contribution in [0.3, 0.4) is 0 Å². The average Bonchev–Trinajstić information content (AvgIpc) is 3.07. The lowest BCUT2D eigenvalue weighted by atomic mass is 9.77. The molecule has 0 spiro atoms. The molecule has 0 radical (unpaired) electrons. The SMILES string of the molecule is COC(=O)c1cccc(NC(=O)[C@@H]2O[C@@](C)(C(F)(F)F)[C@@H](C)[C@H]2c2ccc(F)c(F)c2OC)n1. The summed E-state index contributed by atoms with van der Waals surface area (Å²) in [5.74, 6) is -8.06. The summed E-state index contributed by atoms with van der Waals surface area (Å²) >= 11 is 0. The molecule has 34 heavy (non-hydrogen) atoms. The van der Waals surface area contributed by atoms with E-state index in [2.05, 4.69) is 15.0 Å². The Morgan fingerprint density at radius 1 is 1.15 bits per heavy atom. The molecule has 1 amide bonds. The second-order valence-electron chi connectivity index (χ2n) is 7.83. The summed E-state index contributed by atoms with van der Waals surface area (Å²) in [6, 6.07) is 5.78. The number of anilines is 1. The van der Waals surface area contributed by atoms with Gasteiger partial charge in [-0.05, 0) is 25.1 Å². The van der Waals surface area contributed by atoms with Crippen LogP contribution in [0.5, 0.6) is 5.75 Å². The highest BCUT2D eigenvalue weighted by Crippen LogP contribution is 2.54. The second-order valence-corrected chi connectivity index (χ2v) is 7.83. The highest BCUT2D eigenvalue weighted by Gasteiger charge is 2.65. The number of amides is 1. The van der Waals surface area contributed by atoms with E-state index in [1.807, 2.05) is 0 Å². The van der Waals surface area contributed by atoms with E-state index in [0.717, 1.165) is 33.3 Å². The normalized spacial score (nSPS) is 24.6. The molecule has 1 aromatic carbocycles. The molecule has 0 bridgehead atoms. The lowest BCUT2D eigenvalue weighted by Crippen LogP contribution is -2.47. The number of carbonyl (C=O) groups excluding carboxylic acids is 2. The number of carbonyl (C=O) groups is 2. The van der Waals surface area contributed by atoms with Crippen molar-refractivity contribution in [1.82, 2.24) is 4.98 Å². The number of ether oxygens (including phenoxy) is 3. The number of alkyl halides is 3. The van der Waals surface area contributed by atoms with Crippen molar-refractivity contribution >= 4 is 17.7 Å². The Bertz CT molecular complexity index is 1110. The van der Waals surface area contributed by atoms with Gasteiger partial charge in [-0.2, -0.15) is 17.6 Å². The second kappa shape index (κ2) is 9.16. The summed E-state index contributed by atoms with van der Waals surface area (Å²) in [5.41, 5.74) is -3.12. The summed E-state index contributed by atoms with van der Waals surface area (Å²) in [4.78, 5) is 28.7. The van der Waals surface area contributed by atoms with Crippen LogP contribution in [0.25, 0.3) is 0 Å². The summed E-state index contributed by atoms with van der Waals surface area (Å²) in [5, 5.41) is 2.32. The third-order valence-electron chi connectivity index (χ3n) is 5.97. The van der Waals surface area contributed by atoms with E-state index < -0.39 is 59.0 Å². The standard InChI is InChI=1S/C22H21F5N2O5/c1-10-15(11-8-9-12(23)16(24)17(11)32-3)18(34-21(10,2)22(25,26)27)19(30)29-14-7-5-6-13(28-14)20(31)33-4/h5-10,15,18H,1-4H3,(H,28,29,30)/t10-,15-,18+,21+/m0/s1. The lowest BCUT2D eigenvalue weighted by molar-refractivity contribution is -0.272. The van der Waals surface area contributed by atoms with E-state index in [0.29, 0.717) is 0 Å². The third-order valence-corrected chi connectivity index (χ3v) is 5.97. The number of hydrogen-bond donors (Lipinski definition) is 1. The smallest absolute Gasteiger partial charge is 0.417 e. The molecular weight excluding hydrogens is 467 g/mol. The van der Waals surface area contributed by atoms with E-state index in [1.54, 1.807) is 0 Å². The van der Waals surface area contributed by atoms with E-state index in [1.165, 1.54) is 25.1 Å². The molecule has 4 atom stereocenters. The average molecular weight is 488 g/mol. The fourth-order valence-corrected chi connectivity index (χ4v) is 3.96. The molecular formula is C22H21F5N2O5. The number of nitrogens with zero attached hydrogens (tertiary/aromatic N) is 1. The van der Waals surface area contributed by atoms with Crippen LogP contribution in [0.4, 0.5) is 27.8 Å². The maximum absolute atomic E-state index is 14.4. The molecule has 0 unspecified atom stereocenters. The Labute approximate surface area is 191 Å². The van der Waals surface area contributed by atoms with E-state index >= 15 is 0 Å². The first-order valence-electron chi connectivity index (χ1n) is 9.98. The van der Waals surface area contributed by atoms with Crippen LogP contribution in [0, 0.1) is 17.6 Å². The minimum absolute atomic E-state index is 0.152. The number of pyridine rings is 1. The minimum atomic E-state index is -4.89. The number of esters is 1. The van der Waals surface area contributed by atoms with Gasteiger partial charge in [0.2, 0.25) is 5.82 Å². The van der Waals surface area contributed by atoms with Gasteiger partial charge in [-0.3, -0.25) is 4.79 Å². The first-order chi connectivity index (χ1) is 15.9. The zero-order valence-electron chi connectivity index (χ0n) is 18.5. The molecule has 184 valence electrons. The first kappa shape index (κ1) is 25.3. The van der Waals surface area contributed by atoms with Crippen LogP contribution in [0.2, 0.25) is 0 Å². The van der Waals surface area contributed by atoms with Gasteiger partial charge in [0.25, 0.3) is 5.91 Å². The van der Waals surface area contributed by atoms with Crippen LogP contribution in [0.1, 0.15) is 35.8 Å². The predicted molar refractivity (Wildman–Crippen MR) is 108 cm³/mol. The summed E-state index contributed by atoms with van der Waals surface area (Å²) in [7, 11) is 2.16. The van der Waals surface area contributed by atoms with Gasteiger partial charge in [-0.1, -0.05) is 19.1 Å². The largest absolute Gasteiger partial charge is 0.493 e. The van der Waals surface area contributed by atoms with Gasteiger partial charge in [-0.15, -0.1) is 0 Å². The molecule has 1 saturated heterocycles. The zero-order valence-corrected chi connectivity index (χ0v) is 18.5. The van der Waals surface area contributed by atoms with Gasteiger partial charge in [0.1, 0.15) is 11.9 Å². The number of halogens is 5. The number of aromatic nitrogens is 1. The molecule has 1 aliphatic rings. The molecule has 1 aromatic heterocycles. The van der Waals surface area contributed by atoms with Crippen molar-refractivity contribution in [3.63, 3.8) is 0 Å². The number of methoxy groups -OCH3 is 2. The van der Waals surface area contributed by atoms with Crippen LogP contribution in [-0.4, -0.2) is 49.0 Å². The highest BCUT2D eigenvalue weighted by atomic mass is 19.4. The van der Waals surface area contributed by atoms with Crippen LogP contribution in [-0.2, 0) is 14.3 Å². The van der Waals surface area contributed by atoms with Crippen molar-refractivity contribution in [3.8, 4) is 5.75 Å². The molecule has 1 N–H and O–H groups in total. The molecule has 3 rings (SSSR count). The van der Waals surface area contributed by atoms with Crippen molar-refractivity contribution in [1.29, 1.82) is 0 Å². The fourth-order valence-electron chi connectivity index (χ4n) is 3.96. The molecule has 2 heterocycles. The maximum Gasteiger partial charge on any atom is 0.417 e. The Hall–Kier alpha value is -3.28. The predicted octanol–water partition coefficient (Wildman–Crippen LogP) is 4.23. The summed E-state index contributed by atoms with van der Waals surface area (Å²) < 4.78 is 84.8. The molecule has 1 fully saturated rings. The van der Waals surface area contributed by atoms with Crippen molar-refractivity contribution < 1.29 is 45.8 Å². The van der Waals surface area contributed by atoms with Gasteiger partial charge in [0, 0.05) is 17.4 Å². The Morgan fingerprint density at radius 3 is 2.41 bits per heavy atom. The van der Waals surface area contributed by atoms with E-state index in [4.69, 9.17) is 9.47 Å². The topological polar surface area (TPSA) is 86.8 Å². The van der Waals surface area contributed by atoms with Gasteiger partial charge in [0.15, 0.2) is 22.9 Å². The molecule has 12 heteroatoms. The van der Waals surface area contributed by atoms with Crippen molar-refractivity contribution in [2.45, 2.75) is 37.6 Å². The highest BCUT2D eigenvalue weighted by molar-refractivity contribution is 5.95. The lowest BCUT2D eigenvalue weighted by Gasteiger charge is -2.32. The Morgan fingerprint density at radius 2 is 1.82 bits per heavy atom. The van der Waals surface area contributed by atoms with Gasteiger partial charge >= 0.3 is 12.1 Å². The number of rotatable bonds is 5. The third kappa shape index (κ3) is 4.29. The van der Waals surface area contributed by atoms with Crippen LogP contribution >= 0.6 is 0 Å². The van der Waals surface area contributed by atoms with Crippen LogP contribution < -0.4 is 10.1 Å². The molecule has 0 saturated carbocycles. The molecule has 1 aliphatic heterocycles. The maximum atomic E-state index is 14.4. The molecule has 0 aliphatic carbocycles. The Balaban J connectivity index is 2.06. The van der Waals surface area contributed by atoms with Gasteiger partial charge in [-0.25, -0.2) is 14.2 Å². The van der Waals surface area contributed by atoms with Crippen LogP contribution in [0.15, 0.2) is 30.3 Å². The first-order valence-corrected chi connectivity index (χ1v) is 9.98. The van der Waals surface area contributed by atoms with Gasteiger partial charge in [0.05, 0.1) is 14.2 Å². The van der Waals surface area contributed by atoms with Crippen molar-refractivity contribution in [2.75, 3.05) is 19.5 Å². The van der Waals surface area contributed by atoms with E-state index in [9.17, 15) is 31.5 Å². The molecule has 2 aromatic rings. The Kier molecular flexibility index (Phi) is 6.83. The summed E-state index contributed by atoms with van der Waals surface area (Å²) in [6.45, 7) is 1.97. The zero-order chi connectivity index (χ0) is 25.4. The number of nitrogens with one attached hydrogen (secondary N) is 1. The minimum Gasteiger partial charge on any atom is -0.493 e. The molecule has 7 nitrogen and oxygen atoms in total.